The molecule has 0 bridgehead atoms. The highest BCUT2D eigenvalue weighted by Crippen LogP contribution is 2.33. The topological polar surface area (TPSA) is 54.0 Å². The SMILES string of the molecule is CCC1(C(=O)Nc2ccc(Br)cn2)CCNCC1. The van der Waals surface area contributed by atoms with E-state index in [4.69, 9.17) is 0 Å². The lowest BCUT2D eigenvalue weighted by atomic mass is 9.76. The second kappa shape index (κ2) is 5.80. The van der Waals surface area contributed by atoms with Gasteiger partial charge in [0.25, 0.3) is 0 Å². The molecule has 0 aliphatic carbocycles. The maximum Gasteiger partial charge on any atom is 0.231 e. The van der Waals surface area contributed by atoms with Crippen molar-refractivity contribution in [3.05, 3.63) is 22.8 Å². The number of aromatic nitrogens is 1. The smallest absolute Gasteiger partial charge is 0.231 e. The fourth-order valence-electron chi connectivity index (χ4n) is 2.35. The molecule has 1 fully saturated rings. The van der Waals surface area contributed by atoms with E-state index in [-0.39, 0.29) is 11.3 Å². The number of anilines is 1. The van der Waals surface area contributed by atoms with Crippen LogP contribution in [0.3, 0.4) is 0 Å². The molecule has 1 aliphatic rings. The third-order valence-electron chi connectivity index (χ3n) is 3.69. The molecule has 2 N–H and O–H groups in total. The molecule has 18 heavy (non-hydrogen) atoms. The molecule has 2 rings (SSSR count). The van der Waals surface area contributed by atoms with Gasteiger partial charge in [-0.3, -0.25) is 4.79 Å². The monoisotopic (exact) mass is 311 g/mol. The van der Waals surface area contributed by atoms with Crippen molar-refractivity contribution in [3.8, 4) is 0 Å². The summed E-state index contributed by atoms with van der Waals surface area (Å²) < 4.78 is 0.910. The zero-order chi connectivity index (χ0) is 13.0. The highest BCUT2D eigenvalue weighted by atomic mass is 79.9. The van der Waals surface area contributed by atoms with Gasteiger partial charge < -0.3 is 10.6 Å². The zero-order valence-electron chi connectivity index (χ0n) is 10.5. The van der Waals surface area contributed by atoms with Crippen LogP contribution < -0.4 is 10.6 Å². The third kappa shape index (κ3) is 2.90. The Bertz CT molecular complexity index is 413. The first-order valence-electron chi connectivity index (χ1n) is 6.30. The number of rotatable bonds is 3. The van der Waals surface area contributed by atoms with Crippen molar-refractivity contribution in [2.24, 2.45) is 5.41 Å². The van der Waals surface area contributed by atoms with E-state index in [9.17, 15) is 4.79 Å². The van der Waals surface area contributed by atoms with E-state index in [1.165, 1.54) is 0 Å². The minimum atomic E-state index is -0.236. The van der Waals surface area contributed by atoms with E-state index in [1.807, 2.05) is 12.1 Å². The predicted molar refractivity (Wildman–Crippen MR) is 75.4 cm³/mol. The maximum absolute atomic E-state index is 12.4. The van der Waals surface area contributed by atoms with Gasteiger partial charge in [-0.2, -0.15) is 0 Å². The van der Waals surface area contributed by atoms with Gasteiger partial charge in [0.15, 0.2) is 0 Å². The third-order valence-corrected chi connectivity index (χ3v) is 4.16. The number of nitrogens with one attached hydrogen (secondary N) is 2. The van der Waals surface area contributed by atoms with Crippen molar-refractivity contribution in [2.75, 3.05) is 18.4 Å². The van der Waals surface area contributed by atoms with Crippen LogP contribution in [-0.2, 0) is 4.79 Å². The van der Waals surface area contributed by atoms with Crippen LogP contribution in [0.15, 0.2) is 22.8 Å². The van der Waals surface area contributed by atoms with Gasteiger partial charge in [-0.1, -0.05) is 6.92 Å². The predicted octanol–water partition coefficient (Wildman–Crippen LogP) is 2.56. The zero-order valence-corrected chi connectivity index (χ0v) is 12.1. The summed E-state index contributed by atoms with van der Waals surface area (Å²) in [6.07, 6.45) is 4.35. The summed E-state index contributed by atoms with van der Waals surface area (Å²) in [5.74, 6) is 0.718. The molecule has 98 valence electrons. The first-order valence-corrected chi connectivity index (χ1v) is 7.09. The normalized spacial score (nSPS) is 18.3. The standard InChI is InChI=1S/C13H18BrN3O/c1-2-13(5-7-15-8-6-13)12(18)17-11-4-3-10(14)9-16-11/h3-4,9,15H,2,5-8H2,1H3,(H,16,17,18). The summed E-state index contributed by atoms with van der Waals surface area (Å²) in [5, 5.41) is 6.23. The van der Waals surface area contributed by atoms with Gasteiger partial charge in [-0.25, -0.2) is 4.98 Å². The van der Waals surface area contributed by atoms with E-state index in [1.54, 1.807) is 6.20 Å². The van der Waals surface area contributed by atoms with E-state index in [2.05, 4.69) is 38.5 Å². The number of amides is 1. The summed E-state index contributed by atoms with van der Waals surface area (Å²) >= 11 is 3.33. The molecule has 1 saturated heterocycles. The molecular formula is C13H18BrN3O. The van der Waals surface area contributed by atoms with Gasteiger partial charge in [-0.05, 0) is 60.4 Å². The lowest BCUT2D eigenvalue weighted by Crippen LogP contribution is -2.44. The molecular weight excluding hydrogens is 294 g/mol. The summed E-state index contributed by atoms with van der Waals surface area (Å²) in [6, 6.07) is 3.69. The van der Waals surface area contributed by atoms with Crippen LogP contribution in [0.4, 0.5) is 5.82 Å². The first kappa shape index (κ1) is 13.5. The molecule has 1 aromatic rings. The Morgan fingerprint density at radius 3 is 2.78 bits per heavy atom. The molecule has 0 atom stereocenters. The molecule has 1 aromatic heterocycles. The van der Waals surface area contributed by atoms with Crippen LogP contribution >= 0.6 is 15.9 Å². The fraction of sp³-hybridized carbons (Fsp3) is 0.538. The first-order chi connectivity index (χ1) is 8.66. The van der Waals surface area contributed by atoms with Gasteiger partial charge in [0, 0.05) is 10.7 Å². The number of carbonyl (C=O) groups is 1. The van der Waals surface area contributed by atoms with E-state index in [0.717, 1.165) is 36.8 Å². The van der Waals surface area contributed by atoms with E-state index >= 15 is 0 Å². The molecule has 1 aliphatic heterocycles. The largest absolute Gasteiger partial charge is 0.317 e. The molecule has 0 aromatic carbocycles. The number of piperidine rings is 1. The molecule has 0 saturated carbocycles. The fourth-order valence-corrected chi connectivity index (χ4v) is 2.58. The summed E-state index contributed by atoms with van der Waals surface area (Å²) in [4.78, 5) is 16.6. The van der Waals surface area contributed by atoms with Crippen LogP contribution in [0.1, 0.15) is 26.2 Å². The molecule has 4 nitrogen and oxygen atoms in total. The van der Waals surface area contributed by atoms with Crippen LogP contribution in [0.25, 0.3) is 0 Å². The summed E-state index contributed by atoms with van der Waals surface area (Å²) in [7, 11) is 0. The molecule has 0 unspecified atom stereocenters. The van der Waals surface area contributed by atoms with Crippen LogP contribution in [-0.4, -0.2) is 24.0 Å². The Morgan fingerprint density at radius 2 is 2.22 bits per heavy atom. The molecule has 0 spiro atoms. The maximum atomic E-state index is 12.4. The van der Waals surface area contributed by atoms with Gasteiger partial charge in [-0.15, -0.1) is 0 Å². The van der Waals surface area contributed by atoms with E-state index < -0.39 is 0 Å². The number of carbonyl (C=O) groups excluding carboxylic acids is 1. The second-order valence-electron chi connectivity index (χ2n) is 4.70. The number of nitrogens with zero attached hydrogens (tertiary/aromatic N) is 1. The Balaban J connectivity index is 2.07. The van der Waals surface area contributed by atoms with Gasteiger partial charge >= 0.3 is 0 Å². The molecule has 0 radical (unpaired) electrons. The highest BCUT2D eigenvalue weighted by Gasteiger charge is 2.37. The van der Waals surface area contributed by atoms with Crippen molar-refractivity contribution in [3.63, 3.8) is 0 Å². The number of pyridine rings is 1. The van der Waals surface area contributed by atoms with Crippen molar-refractivity contribution in [1.82, 2.24) is 10.3 Å². The van der Waals surface area contributed by atoms with Crippen LogP contribution in [0.2, 0.25) is 0 Å². The summed E-state index contributed by atoms with van der Waals surface area (Å²) in [5.41, 5.74) is -0.236. The Labute approximate surface area is 116 Å². The quantitative estimate of drug-likeness (QED) is 0.902. The van der Waals surface area contributed by atoms with Crippen LogP contribution in [0, 0.1) is 5.41 Å². The lowest BCUT2D eigenvalue weighted by Gasteiger charge is -2.35. The highest BCUT2D eigenvalue weighted by molar-refractivity contribution is 9.10. The summed E-state index contributed by atoms with van der Waals surface area (Å²) in [6.45, 7) is 3.91. The number of hydrogen-bond acceptors (Lipinski definition) is 3. The molecule has 5 heteroatoms. The van der Waals surface area contributed by atoms with Gasteiger partial charge in [0.1, 0.15) is 5.82 Å². The second-order valence-corrected chi connectivity index (χ2v) is 5.62. The van der Waals surface area contributed by atoms with Crippen molar-refractivity contribution >= 4 is 27.7 Å². The lowest BCUT2D eigenvalue weighted by molar-refractivity contribution is -0.127. The van der Waals surface area contributed by atoms with Crippen molar-refractivity contribution in [2.45, 2.75) is 26.2 Å². The van der Waals surface area contributed by atoms with Gasteiger partial charge in [0.2, 0.25) is 5.91 Å². The molecule has 1 amide bonds. The Morgan fingerprint density at radius 1 is 1.50 bits per heavy atom. The van der Waals surface area contributed by atoms with E-state index in [0.29, 0.717) is 5.82 Å². The number of hydrogen-bond donors (Lipinski definition) is 2. The average Bonchev–Trinajstić information content (AvgIpc) is 2.42. The average molecular weight is 312 g/mol. The van der Waals surface area contributed by atoms with Crippen molar-refractivity contribution < 1.29 is 4.79 Å². The Kier molecular flexibility index (Phi) is 4.35. The van der Waals surface area contributed by atoms with Gasteiger partial charge in [0.05, 0.1) is 5.41 Å². The minimum Gasteiger partial charge on any atom is -0.317 e. The van der Waals surface area contributed by atoms with Crippen LogP contribution in [0.5, 0.6) is 0 Å². The minimum absolute atomic E-state index is 0.0984. The van der Waals surface area contributed by atoms with Crippen molar-refractivity contribution in [1.29, 1.82) is 0 Å². The molecule has 2 heterocycles. The Hall–Kier alpha value is -0.940. The number of halogens is 1.